The van der Waals surface area contributed by atoms with Crippen LogP contribution < -0.4 is 17.2 Å². The molecule has 1 saturated carbocycles. The Morgan fingerprint density at radius 2 is 0.791 bits per heavy atom. The normalized spacial score (nSPS) is 20.5. The van der Waals surface area contributed by atoms with Gasteiger partial charge in [0.2, 0.25) is 0 Å². The fourth-order valence-electron chi connectivity index (χ4n) is 6.36. The zero-order chi connectivity index (χ0) is 31.4. The minimum atomic E-state index is -0.367. The van der Waals surface area contributed by atoms with E-state index in [1.165, 1.54) is 22.3 Å². The molecule has 0 unspecified atom stereocenters. The van der Waals surface area contributed by atoms with E-state index in [0.717, 1.165) is 58.2 Å². The maximum atomic E-state index is 10.9. The molecule has 228 valence electrons. The van der Waals surface area contributed by atoms with Gasteiger partial charge in [0, 0.05) is 0 Å². The summed E-state index contributed by atoms with van der Waals surface area (Å²) in [4.78, 5) is 0. The number of phenols is 4. The third-order valence-electron chi connectivity index (χ3n) is 8.79. The summed E-state index contributed by atoms with van der Waals surface area (Å²) in [5.74, 6) is 1.35. The molecule has 0 atom stereocenters. The molecule has 11 heteroatoms. The van der Waals surface area contributed by atoms with Gasteiger partial charge in [-0.1, -0.05) is 0 Å². The summed E-state index contributed by atoms with van der Waals surface area (Å²) in [6.07, 6.45) is 3.37. The van der Waals surface area contributed by atoms with Crippen molar-refractivity contribution in [2.45, 2.75) is 50.4 Å². The summed E-state index contributed by atoms with van der Waals surface area (Å²) in [5, 5.41) is 42.9. The molecular weight excluding hydrogens is 1340 g/mol. The number of rotatable bonds is 5. The zero-order valence-electron chi connectivity index (χ0n) is 22.9. The molecule has 4 nitrogen and oxygen atoms in total. The fraction of sp³-hybridized carbons (Fsp3) is 0.250. The van der Waals surface area contributed by atoms with E-state index < -0.39 is 0 Å². The van der Waals surface area contributed by atoms with Crippen molar-refractivity contribution in [2.24, 2.45) is 0 Å². The Morgan fingerprint density at radius 3 is 1.14 bits per heavy atom. The first-order valence-electron chi connectivity index (χ1n) is 13.2. The van der Waals surface area contributed by atoms with Crippen molar-refractivity contribution < 1.29 is 37.7 Å². The predicted molar refractivity (Wildman–Crippen MR) is 218 cm³/mol. The van der Waals surface area contributed by atoms with Crippen molar-refractivity contribution in [1.29, 1.82) is 0 Å². The van der Waals surface area contributed by atoms with E-state index in [2.05, 4.69) is 180 Å². The number of hydrogen-bond acceptors (Lipinski definition) is 4. The second kappa shape index (κ2) is 14.0. The fourth-order valence-corrected chi connectivity index (χ4v) is 13.8. The summed E-state index contributed by atoms with van der Waals surface area (Å²) in [6.45, 7) is 3.95. The van der Waals surface area contributed by atoms with Gasteiger partial charge in [-0.15, -0.1) is 0 Å². The van der Waals surface area contributed by atoms with Crippen LogP contribution in [0.4, 0.5) is 0 Å². The molecule has 0 saturated heterocycles. The average molecular weight is 1360 g/mol. The molecule has 0 heterocycles. The number of phenolic OH excluding ortho intramolecular Hbond substituents is 4. The van der Waals surface area contributed by atoms with Crippen LogP contribution in [0.5, 0.6) is 23.0 Å². The standard InChI is InChI=1S/C32H26I7O4/c1-15-7-17(9-21(33)27(15)40)31(19-10-22(34)29(42)23(35)11-19)3-5-32(6-4-31,20-12-24(36)30(43)25(37)13-20)18-8-16(2)28(41)26(14-18)39-38/h7-14,40-43H,3-6H2,1-2H3/q-1. The van der Waals surface area contributed by atoms with Crippen molar-refractivity contribution in [2.75, 3.05) is 0 Å². The molecule has 0 aliphatic heterocycles. The summed E-state index contributed by atoms with van der Waals surface area (Å²) in [7, 11) is 0. The number of aromatic hydroxyl groups is 4. The molecule has 0 spiro atoms. The molecule has 4 aromatic rings. The van der Waals surface area contributed by atoms with Gasteiger partial charge in [0.05, 0.1) is 0 Å². The van der Waals surface area contributed by atoms with Gasteiger partial charge in [0.25, 0.3) is 0 Å². The van der Waals surface area contributed by atoms with Crippen LogP contribution in [-0.4, -0.2) is 20.4 Å². The van der Waals surface area contributed by atoms with Gasteiger partial charge >= 0.3 is 346 Å². The molecule has 0 amide bonds. The van der Waals surface area contributed by atoms with E-state index in [9.17, 15) is 20.4 Å². The number of halogens is 7. The summed E-state index contributed by atoms with van der Waals surface area (Å²) < 4.78 is 5.19. The number of aryl methyl sites for hydroxylation is 2. The number of hydrogen-bond donors (Lipinski definition) is 4. The summed E-state index contributed by atoms with van der Waals surface area (Å²) >= 11 is 13.2. The molecule has 1 fully saturated rings. The van der Waals surface area contributed by atoms with Gasteiger partial charge in [-0.25, -0.2) is 0 Å². The van der Waals surface area contributed by atoms with E-state index in [1.54, 1.807) is 0 Å². The zero-order valence-corrected chi connectivity index (χ0v) is 38.0. The topological polar surface area (TPSA) is 80.9 Å². The van der Waals surface area contributed by atoms with Crippen LogP contribution in [-0.2, 0) is 10.8 Å². The third-order valence-corrected chi connectivity index (χ3v) is 17.1. The Labute approximate surface area is 340 Å². The Morgan fingerprint density at radius 1 is 0.488 bits per heavy atom. The van der Waals surface area contributed by atoms with Gasteiger partial charge in [-0.3, -0.25) is 0 Å². The van der Waals surface area contributed by atoms with Crippen molar-refractivity contribution in [1.82, 2.24) is 0 Å². The first-order valence-corrected chi connectivity index (χ1v) is 26.0. The van der Waals surface area contributed by atoms with Crippen LogP contribution in [0.25, 0.3) is 0 Å². The van der Waals surface area contributed by atoms with Gasteiger partial charge < -0.3 is 0 Å². The third kappa shape index (κ3) is 6.62. The molecule has 4 aromatic carbocycles. The van der Waals surface area contributed by atoms with E-state index in [4.69, 9.17) is 0 Å². The summed E-state index contributed by atoms with van der Waals surface area (Å²) in [5.41, 5.74) is 5.84. The SMILES string of the molecule is Cc1cc(C2(c3cc(I)c(O)c(I)c3)CCC(c3cc(I)c(O)c(I)c3)(c3cc(C)c(O)c([I-]I)c3)CC2)cc(I)c1O. The van der Waals surface area contributed by atoms with E-state index in [-0.39, 0.29) is 28.1 Å². The quantitative estimate of drug-likeness (QED) is 0.156. The Hall–Kier alpha value is 1.19. The Balaban J connectivity index is 1.75. The molecule has 0 aromatic heterocycles. The average Bonchev–Trinajstić information content (AvgIpc) is 2.97. The maximum absolute atomic E-state index is 10.9. The monoisotopic (exact) mass is 1360 g/mol. The molecular formula is C32H26I7O4-. The van der Waals surface area contributed by atoms with Crippen LogP contribution >= 0.6 is 132 Å². The summed E-state index contributed by atoms with van der Waals surface area (Å²) in [6, 6.07) is 17.1. The van der Waals surface area contributed by atoms with E-state index >= 15 is 0 Å². The predicted octanol–water partition coefficient (Wildman–Crippen LogP) is 7.60. The molecule has 1 aliphatic carbocycles. The van der Waals surface area contributed by atoms with Crippen LogP contribution in [0.1, 0.15) is 59.1 Å². The first-order chi connectivity index (χ1) is 20.2. The Kier molecular flexibility index (Phi) is 11.5. The van der Waals surface area contributed by atoms with Crippen LogP contribution in [0, 0.1) is 35.3 Å². The molecule has 0 bridgehead atoms. The van der Waals surface area contributed by atoms with Crippen LogP contribution in [0.2, 0.25) is 0 Å². The van der Waals surface area contributed by atoms with Gasteiger partial charge in [-0.05, 0) is 0 Å². The van der Waals surface area contributed by atoms with E-state index in [0.29, 0.717) is 23.0 Å². The molecule has 0 radical (unpaired) electrons. The van der Waals surface area contributed by atoms with Crippen molar-refractivity contribution in [3.05, 3.63) is 103 Å². The van der Waals surface area contributed by atoms with E-state index in [1.807, 2.05) is 13.8 Å². The molecule has 5 rings (SSSR count). The van der Waals surface area contributed by atoms with Crippen molar-refractivity contribution in [3.63, 3.8) is 0 Å². The molecule has 43 heavy (non-hydrogen) atoms. The molecule has 1 aliphatic rings. The molecule has 4 N–H and O–H groups in total. The van der Waals surface area contributed by atoms with Gasteiger partial charge in [-0.2, -0.15) is 0 Å². The van der Waals surface area contributed by atoms with Crippen LogP contribution in [0.3, 0.4) is 0 Å². The van der Waals surface area contributed by atoms with Crippen molar-refractivity contribution in [3.8, 4) is 23.0 Å². The van der Waals surface area contributed by atoms with Gasteiger partial charge in [0.1, 0.15) is 0 Å². The second-order valence-electron chi connectivity index (χ2n) is 11.1. The minimum absolute atomic E-state index is 0.309. The van der Waals surface area contributed by atoms with Crippen molar-refractivity contribution >= 4 is 132 Å². The van der Waals surface area contributed by atoms with Crippen LogP contribution in [0.15, 0.2) is 48.5 Å². The Bertz CT molecular complexity index is 1620. The first kappa shape index (κ1) is 35.5. The van der Waals surface area contributed by atoms with Gasteiger partial charge in [0.15, 0.2) is 0 Å². The number of benzene rings is 4. The second-order valence-corrected chi connectivity index (χ2v) is 21.2.